The Bertz CT molecular complexity index is 853. The van der Waals surface area contributed by atoms with Crippen LogP contribution in [0.25, 0.3) is 0 Å². The Kier molecular flexibility index (Phi) is 4.83. The lowest BCUT2D eigenvalue weighted by Crippen LogP contribution is -2.28. The van der Waals surface area contributed by atoms with E-state index in [0.717, 1.165) is 0 Å². The molecule has 134 valence electrons. The highest BCUT2D eigenvalue weighted by Gasteiger charge is 2.36. The van der Waals surface area contributed by atoms with Crippen LogP contribution in [-0.2, 0) is 9.59 Å². The number of nitrogens with one attached hydrogen (secondary N) is 1. The molecule has 3 rings (SSSR count). The van der Waals surface area contributed by atoms with Crippen LogP contribution in [0.1, 0.15) is 6.42 Å². The SMILES string of the molecule is COc1cc([N+](=O)[O-])ccc1N1C[C@@H](C(=O)Nc2ccccc2)CC1=O. The van der Waals surface area contributed by atoms with Crippen molar-refractivity contribution in [3.05, 3.63) is 58.6 Å². The van der Waals surface area contributed by atoms with Crippen LogP contribution in [0.5, 0.6) is 5.75 Å². The standard InChI is InChI=1S/C18H17N3O5/c1-26-16-10-14(21(24)25)7-8-15(16)20-11-12(9-17(20)22)18(23)19-13-5-3-2-4-6-13/h2-8,10,12H,9,11H2,1H3,(H,19,23)/t12-/m0/s1. The fourth-order valence-electron chi connectivity index (χ4n) is 2.88. The van der Waals surface area contributed by atoms with Gasteiger partial charge in [-0.15, -0.1) is 0 Å². The van der Waals surface area contributed by atoms with E-state index in [9.17, 15) is 19.7 Å². The maximum atomic E-state index is 12.4. The minimum Gasteiger partial charge on any atom is -0.494 e. The Hall–Kier alpha value is -3.42. The number of nitro groups is 1. The zero-order valence-electron chi connectivity index (χ0n) is 14.0. The molecule has 0 aliphatic carbocycles. The normalized spacial score (nSPS) is 16.4. The van der Waals surface area contributed by atoms with Crippen molar-refractivity contribution in [2.24, 2.45) is 5.92 Å². The van der Waals surface area contributed by atoms with Gasteiger partial charge in [-0.3, -0.25) is 19.7 Å². The predicted octanol–water partition coefficient (Wildman–Crippen LogP) is 2.60. The largest absolute Gasteiger partial charge is 0.494 e. The number of non-ortho nitro benzene ring substituents is 1. The van der Waals surface area contributed by atoms with Gasteiger partial charge in [-0.2, -0.15) is 0 Å². The van der Waals surface area contributed by atoms with E-state index in [0.29, 0.717) is 11.4 Å². The van der Waals surface area contributed by atoms with Crippen LogP contribution >= 0.6 is 0 Å². The van der Waals surface area contributed by atoms with Gasteiger partial charge in [0, 0.05) is 24.7 Å². The highest BCUT2D eigenvalue weighted by Crippen LogP contribution is 2.35. The number of nitrogens with zero attached hydrogens (tertiary/aromatic N) is 2. The molecule has 8 heteroatoms. The van der Waals surface area contributed by atoms with Crippen LogP contribution < -0.4 is 15.0 Å². The van der Waals surface area contributed by atoms with Crippen LogP contribution in [0.3, 0.4) is 0 Å². The molecule has 2 aromatic carbocycles. The predicted molar refractivity (Wildman–Crippen MR) is 95.2 cm³/mol. The number of nitro benzene ring substituents is 1. The molecule has 1 N–H and O–H groups in total. The first-order valence-electron chi connectivity index (χ1n) is 7.98. The second-order valence-corrected chi connectivity index (χ2v) is 5.87. The average molecular weight is 355 g/mol. The van der Waals surface area contributed by atoms with Crippen molar-refractivity contribution in [2.45, 2.75) is 6.42 Å². The van der Waals surface area contributed by atoms with Crippen molar-refractivity contribution in [3.63, 3.8) is 0 Å². The smallest absolute Gasteiger partial charge is 0.273 e. The zero-order valence-corrected chi connectivity index (χ0v) is 14.0. The summed E-state index contributed by atoms with van der Waals surface area (Å²) in [6, 6.07) is 13.0. The van der Waals surface area contributed by atoms with Crippen molar-refractivity contribution in [1.82, 2.24) is 0 Å². The number of benzene rings is 2. The maximum Gasteiger partial charge on any atom is 0.273 e. The Labute approximate surface area is 149 Å². The van der Waals surface area contributed by atoms with Crippen LogP contribution in [0.15, 0.2) is 48.5 Å². The lowest BCUT2D eigenvalue weighted by Gasteiger charge is -2.19. The third kappa shape index (κ3) is 3.49. The summed E-state index contributed by atoms with van der Waals surface area (Å²) in [7, 11) is 1.38. The molecular formula is C18H17N3O5. The van der Waals surface area contributed by atoms with Gasteiger partial charge < -0.3 is 15.0 Å². The Morgan fingerprint density at radius 3 is 2.65 bits per heavy atom. The van der Waals surface area contributed by atoms with Crippen molar-refractivity contribution in [1.29, 1.82) is 0 Å². The summed E-state index contributed by atoms with van der Waals surface area (Å²) in [6.07, 6.45) is 0.0683. The van der Waals surface area contributed by atoms with Gasteiger partial charge in [0.15, 0.2) is 0 Å². The first-order valence-corrected chi connectivity index (χ1v) is 7.98. The van der Waals surface area contributed by atoms with Gasteiger partial charge in [0.1, 0.15) is 5.75 Å². The van der Waals surface area contributed by atoms with E-state index in [1.165, 1.54) is 30.2 Å². The number of hydrogen-bond donors (Lipinski definition) is 1. The summed E-state index contributed by atoms with van der Waals surface area (Å²) in [5.41, 5.74) is 0.949. The lowest BCUT2D eigenvalue weighted by atomic mass is 10.1. The monoisotopic (exact) mass is 355 g/mol. The molecule has 2 aromatic rings. The quantitative estimate of drug-likeness (QED) is 0.656. The van der Waals surface area contributed by atoms with Gasteiger partial charge in [-0.25, -0.2) is 0 Å². The van der Waals surface area contributed by atoms with E-state index in [-0.39, 0.29) is 36.2 Å². The number of carbonyl (C=O) groups is 2. The number of para-hydroxylation sites is 1. The second-order valence-electron chi connectivity index (χ2n) is 5.87. The van der Waals surface area contributed by atoms with Crippen LogP contribution in [-0.4, -0.2) is 30.4 Å². The highest BCUT2D eigenvalue weighted by molar-refractivity contribution is 6.04. The molecule has 1 aliphatic rings. The second kappa shape index (κ2) is 7.22. The fraction of sp³-hybridized carbons (Fsp3) is 0.222. The topological polar surface area (TPSA) is 102 Å². The minimum atomic E-state index is -0.534. The molecule has 1 aliphatic heterocycles. The molecule has 0 spiro atoms. The van der Waals surface area contributed by atoms with Crippen LogP contribution in [0.4, 0.5) is 17.1 Å². The molecule has 1 heterocycles. The van der Waals surface area contributed by atoms with Crippen molar-refractivity contribution in [3.8, 4) is 5.75 Å². The van der Waals surface area contributed by atoms with Crippen LogP contribution in [0.2, 0.25) is 0 Å². The van der Waals surface area contributed by atoms with E-state index < -0.39 is 10.8 Å². The van der Waals surface area contributed by atoms with Gasteiger partial charge >= 0.3 is 0 Å². The van der Waals surface area contributed by atoms with E-state index >= 15 is 0 Å². The Morgan fingerprint density at radius 1 is 1.27 bits per heavy atom. The summed E-state index contributed by atoms with van der Waals surface area (Å²) in [6.45, 7) is 0.186. The van der Waals surface area contributed by atoms with Gasteiger partial charge in [0.05, 0.1) is 29.7 Å². The Balaban J connectivity index is 1.77. The molecule has 0 saturated carbocycles. The fourth-order valence-corrected chi connectivity index (χ4v) is 2.88. The highest BCUT2D eigenvalue weighted by atomic mass is 16.6. The van der Waals surface area contributed by atoms with Crippen LogP contribution in [0, 0.1) is 16.0 Å². The van der Waals surface area contributed by atoms with Gasteiger partial charge in [-0.1, -0.05) is 18.2 Å². The number of amides is 2. The molecule has 1 fully saturated rings. The van der Waals surface area contributed by atoms with E-state index in [1.54, 1.807) is 12.1 Å². The Morgan fingerprint density at radius 2 is 2.00 bits per heavy atom. The number of carbonyl (C=O) groups excluding carboxylic acids is 2. The van der Waals surface area contributed by atoms with E-state index in [1.807, 2.05) is 18.2 Å². The molecule has 1 saturated heterocycles. The molecule has 0 unspecified atom stereocenters. The zero-order chi connectivity index (χ0) is 18.7. The number of rotatable bonds is 5. The maximum absolute atomic E-state index is 12.4. The summed E-state index contributed by atoms with van der Waals surface area (Å²) in [5, 5.41) is 13.7. The third-order valence-electron chi connectivity index (χ3n) is 4.20. The molecule has 0 bridgehead atoms. The van der Waals surface area contributed by atoms with E-state index in [4.69, 9.17) is 4.74 Å². The first kappa shape index (κ1) is 17.4. The van der Waals surface area contributed by atoms with Gasteiger partial charge in [0.25, 0.3) is 5.69 Å². The van der Waals surface area contributed by atoms with Crippen molar-refractivity contribution >= 4 is 28.9 Å². The average Bonchev–Trinajstić information content (AvgIpc) is 3.03. The summed E-state index contributed by atoms with van der Waals surface area (Å²) in [4.78, 5) is 36.6. The summed E-state index contributed by atoms with van der Waals surface area (Å²) >= 11 is 0. The number of ether oxygens (including phenoxy) is 1. The first-order chi connectivity index (χ1) is 12.5. The van der Waals surface area contributed by atoms with Crippen molar-refractivity contribution in [2.75, 3.05) is 23.9 Å². The molecular weight excluding hydrogens is 338 g/mol. The van der Waals surface area contributed by atoms with Gasteiger partial charge in [-0.05, 0) is 18.2 Å². The lowest BCUT2D eigenvalue weighted by molar-refractivity contribution is -0.384. The van der Waals surface area contributed by atoms with Gasteiger partial charge in [0.2, 0.25) is 11.8 Å². The third-order valence-corrected chi connectivity index (χ3v) is 4.20. The molecule has 8 nitrogen and oxygen atoms in total. The molecule has 0 radical (unpaired) electrons. The molecule has 0 aromatic heterocycles. The summed E-state index contributed by atoms with van der Waals surface area (Å²) in [5.74, 6) is -0.766. The minimum absolute atomic E-state index is 0.0683. The number of methoxy groups -OCH3 is 1. The summed E-state index contributed by atoms with van der Waals surface area (Å²) < 4.78 is 5.19. The molecule has 2 amide bonds. The molecule has 26 heavy (non-hydrogen) atoms. The molecule has 1 atom stereocenters. The van der Waals surface area contributed by atoms with Crippen molar-refractivity contribution < 1.29 is 19.2 Å². The number of anilines is 2. The number of hydrogen-bond acceptors (Lipinski definition) is 5. The van der Waals surface area contributed by atoms with E-state index in [2.05, 4.69) is 5.32 Å².